The highest BCUT2D eigenvalue weighted by atomic mass is 16.6. The number of carboxylic acids is 1. The van der Waals surface area contributed by atoms with Crippen LogP contribution in [0.15, 0.2) is 18.2 Å². The van der Waals surface area contributed by atoms with Crippen molar-refractivity contribution in [2.24, 2.45) is 5.41 Å². The largest absolute Gasteiger partial charge is 0.494 e. The molecule has 2 rings (SSSR count). The fourth-order valence-corrected chi connectivity index (χ4v) is 1.93. The average Bonchev–Trinajstić information content (AvgIpc) is 3.17. The molecular weight excluding hydrogens is 264 g/mol. The molecule has 0 unspecified atom stereocenters. The molecular formula is C13H16N2O5. The second kappa shape index (κ2) is 5.36. The number of hydrogen-bond acceptors (Lipinski definition) is 5. The van der Waals surface area contributed by atoms with Crippen molar-refractivity contribution in [2.75, 3.05) is 18.5 Å². The first-order valence-electron chi connectivity index (χ1n) is 6.36. The van der Waals surface area contributed by atoms with Crippen LogP contribution in [-0.4, -0.2) is 29.2 Å². The minimum atomic E-state index is -0.833. The maximum absolute atomic E-state index is 11.1. The minimum absolute atomic E-state index is 0.0846. The molecule has 1 aromatic carbocycles. The number of nitrogens with zero attached hydrogens (tertiary/aromatic N) is 1. The van der Waals surface area contributed by atoms with Crippen LogP contribution in [0.1, 0.15) is 19.8 Å². The number of benzene rings is 1. The quantitative estimate of drug-likeness (QED) is 0.586. The summed E-state index contributed by atoms with van der Waals surface area (Å²) in [7, 11) is 0. The second-order valence-electron chi connectivity index (χ2n) is 4.84. The number of nitro groups is 1. The summed E-state index contributed by atoms with van der Waals surface area (Å²) in [5, 5.41) is 22.9. The summed E-state index contributed by atoms with van der Waals surface area (Å²) in [6.07, 6.45) is 1.26. The predicted molar refractivity (Wildman–Crippen MR) is 72.1 cm³/mol. The molecule has 7 nitrogen and oxygen atoms in total. The Balaban J connectivity index is 2.14. The molecule has 0 spiro atoms. The van der Waals surface area contributed by atoms with Crippen LogP contribution in [-0.2, 0) is 4.79 Å². The molecule has 0 atom stereocenters. The van der Waals surface area contributed by atoms with E-state index < -0.39 is 16.3 Å². The molecule has 1 aliphatic carbocycles. The molecule has 0 saturated heterocycles. The highest BCUT2D eigenvalue weighted by Crippen LogP contribution is 2.46. The highest BCUT2D eigenvalue weighted by molar-refractivity contribution is 5.78. The smallest absolute Gasteiger partial charge is 0.311 e. The molecule has 1 fully saturated rings. The lowest BCUT2D eigenvalue weighted by Gasteiger charge is -2.13. The Hall–Kier alpha value is -2.31. The van der Waals surface area contributed by atoms with Gasteiger partial charge in [0.25, 0.3) is 5.69 Å². The number of carbonyl (C=O) groups is 1. The van der Waals surface area contributed by atoms with Crippen LogP contribution < -0.4 is 10.1 Å². The number of hydrogen-bond donors (Lipinski definition) is 2. The number of ether oxygens (including phenoxy) is 1. The standard InChI is InChI=1S/C13H16N2O5/c1-2-20-11-6-9(5-10(7-11)15(18)19)14-8-13(3-4-13)12(16)17/h5-7,14H,2-4,8H2,1H3,(H,16,17). The fourth-order valence-electron chi connectivity index (χ4n) is 1.93. The maximum Gasteiger partial charge on any atom is 0.311 e. The van der Waals surface area contributed by atoms with Crippen molar-refractivity contribution in [1.29, 1.82) is 0 Å². The summed E-state index contributed by atoms with van der Waals surface area (Å²) >= 11 is 0. The van der Waals surface area contributed by atoms with Crippen LogP contribution in [0.25, 0.3) is 0 Å². The van der Waals surface area contributed by atoms with Crippen LogP contribution in [0.5, 0.6) is 5.75 Å². The van der Waals surface area contributed by atoms with Gasteiger partial charge in [0, 0.05) is 24.4 Å². The van der Waals surface area contributed by atoms with Gasteiger partial charge in [0.15, 0.2) is 0 Å². The number of nitrogens with one attached hydrogen (secondary N) is 1. The van der Waals surface area contributed by atoms with E-state index in [1.165, 1.54) is 12.1 Å². The number of rotatable bonds is 7. The van der Waals surface area contributed by atoms with Gasteiger partial charge in [-0.05, 0) is 19.8 Å². The van der Waals surface area contributed by atoms with Gasteiger partial charge in [-0.15, -0.1) is 0 Å². The zero-order valence-corrected chi connectivity index (χ0v) is 11.1. The van der Waals surface area contributed by atoms with E-state index in [1.54, 1.807) is 13.0 Å². The molecule has 0 bridgehead atoms. The molecule has 0 aromatic heterocycles. The van der Waals surface area contributed by atoms with E-state index in [0.29, 0.717) is 30.9 Å². The Kier molecular flexibility index (Phi) is 3.78. The summed E-state index contributed by atoms with van der Waals surface area (Å²) in [6, 6.07) is 4.35. The van der Waals surface area contributed by atoms with E-state index in [4.69, 9.17) is 9.84 Å². The number of nitro benzene ring substituents is 1. The Labute approximate surface area is 115 Å². The minimum Gasteiger partial charge on any atom is -0.494 e. The maximum atomic E-state index is 11.1. The van der Waals surface area contributed by atoms with Crippen molar-refractivity contribution in [3.05, 3.63) is 28.3 Å². The molecule has 1 saturated carbocycles. The first-order valence-corrected chi connectivity index (χ1v) is 6.36. The topological polar surface area (TPSA) is 102 Å². The Morgan fingerprint density at radius 2 is 2.20 bits per heavy atom. The van der Waals surface area contributed by atoms with E-state index in [2.05, 4.69) is 5.32 Å². The number of anilines is 1. The van der Waals surface area contributed by atoms with E-state index in [1.807, 2.05) is 0 Å². The molecule has 0 amide bonds. The van der Waals surface area contributed by atoms with Crippen LogP contribution in [0.2, 0.25) is 0 Å². The van der Waals surface area contributed by atoms with Gasteiger partial charge in [-0.25, -0.2) is 0 Å². The zero-order chi connectivity index (χ0) is 14.8. The lowest BCUT2D eigenvalue weighted by molar-refractivity contribution is -0.384. The molecule has 0 radical (unpaired) electrons. The number of aliphatic carboxylic acids is 1. The van der Waals surface area contributed by atoms with Gasteiger partial charge >= 0.3 is 5.97 Å². The van der Waals surface area contributed by atoms with Crippen molar-refractivity contribution >= 4 is 17.3 Å². The lowest BCUT2D eigenvalue weighted by Crippen LogP contribution is -2.24. The number of non-ortho nitro benzene ring substituents is 1. The van der Waals surface area contributed by atoms with Gasteiger partial charge in [-0.3, -0.25) is 14.9 Å². The Bertz CT molecular complexity index is 540. The molecule has 7 heteroatoms. The van der Waals surface area contributed by atoms with Crippen molar-refractivity contribution in [1.82, 2.24) is 0 Å². The third-order valence-corrected chi connectivity index (χ3v) is 3.35. The molecule has 0 heterocycles. The van der Waals surface area contributed by atoms with Crippen LogP contribution in [0.4, 0.5) is 11.4 Å². The average molecular weight is 280 g/mol. The summed E-state index contributed by atoms with van der Waals surface area (Å²) < 4.78 is 5.27. The third-order valence-electron chi connectivity index (χ3n) is 3.35. The van der Waals surface area contributed by atoms with Gasteiger partial charge in [-0.1, -0.05) is 0 Å². The number of carboxylic acid groups (broad SMARTS) is 1. The van der Waals surface area contributed by atoms with Gasteiger partial charge < -0.3 is 15.2 Å². The van der Waals surface area contributed by atoms with Gasteiger partial charge in [-0.2, -0.15) is 0 Å². The highest BCUT2D eigenvalue weighted by Gasteiger charge is 2.50. The molecule has 20 heavy (non-hydrogen) atoms. The van der Waals surface area contributed by atoms with E-state index in [9.17, 15) is 14.9 Å². The predicted octanol–water partition coefficient (Wildman–Crippen LogP) is 2.27. The molecule has 108 valence electrons. The van der Waals surface area contributed by atoms with Crippen molar-refractivity contribution < 1.29 is 19.6 Å². The van der Waals surface area contributed by atoms with Crippen LogP contribution >= 0.6 is 0 Å². The second-order valence-corrected chi connectivity index (χ2v) is 4.84. The Morgan fingerprint density at radius 1 is 1.50 bits per heavy atom. The summed E-state index contributed by atoms with van der Waals surface area (Å²) in [4.78, 5) is 21.4. The monoisotopic (exact) mass is 280 g/mol. The summed E-state index contributed by atoms with van der Waals surface area (Å²) in [5.74, 6) is -0.440. The molecule has 1 aromatic rings. The van der Waals surface area contributed by atoms with Crippen molar-refractivity contribution in [3.8, 4) is 5.75 Å². The van der Waals surface area contributed by atoms with Gasteiger partial charge in [0.1, 0.15) is 5.75 Å². The first kappa shape index (κ1) is 14.1. The van der Waals surface area contributed by atoms with E-state index in [0.717, 1.165) is 0 Å². The van der Waals surface area contributed by atoms with E-state index in [-0.39, 0.29) is 12.2 Å². The van der Waals surface area contributed by atoms with Crippen LogP contribution in [0, 0.1) is 15.5 Å². The molecule has 2 N–H and O–H groups in total. The normalized spacial score (nSPS) is 15.4. The molecule has 0 aliphatic heterocycles. The van der Waals surface area contributed by atoms with Gasteiger partial charge in [0.2, 0.25) is 0 Å². The fraction of sp³-hybridized carbons (Fsp3) is 0.462. The van der Waals surface area contributed by atoms with E-state index >= 15 is 0 Å². The zero-order valence-electron chi connectivity index (χ0n) is 11.1. The summed E-state index contributed by atoms with van der Waals surface area (Å²) in [6.45, 7) is 2.45. The van der Waals surface area contributed by atoms with Crippen molar-refractivity contribution in [2.45, 2.75) is 19.8 Å². The van der Waals surface area contributed by atoms with Gasteiger partial charge in [0.05, 0.1) is 23.0 Å². The van der Waals surface area contributed by atoms with Crippen molar-refractivity contribution in [3.63, 3.8) is 0 Å². The van der Waals surface area contributed by atoms with Crippen LogP contribution in [0.3, 0.4) is 0 Å². The SMILES string of the molecule is CCOc1cc(NCC2(C(=O)O)CC2)cc([N+](=O)[O-])c1. The first-order chi connectivity index (χ1) is 9.47. The summed E-state index contributed by atoms with van der Waals surface area (Å²) in [5.41, 5.74) is -0.315. The third kappa shape index (κ3) is 2.98. The Morgan fingerprint density at radius 3 is 2.70 bits per heavy atom. The molecule has 1 aliphatic rings. The lowest BCUT2D eigenvalue weighted by atomic mass is 10.1.